The SMILES string of the molecule is NCc1cn(Cc2ccc3c(c2C(=O)O)OB(O)CC3)nn1. The van der Waals surface area contributed by atoms with Gasteiger partial charge in [-0.2, -0.15) is 0 Å². The zero-order chi connectivity index (χ0) is 15.7. The van der Waals surface area contributed by atoms with Crippen LogP contribution < -0.4 is 10.4 Å². The third kappa shape index (κ3) is 2.68. The molecule has 1 aliphatic heterocycles. The highest BCUT2D eigenvalue weighted by atomic mass is 16.5. The molecule has 8 nitrogen and oxygen atoms in total. The summed E-state index contributed by atoms with van der Waals surface area (Å²) >= 11 is 0. The Morgan fingerprint density at radius 1 is 1.50 bits per heavy atom. The van der Waals surface area contributed by atoms with E-state index in [2.05, 4.69) is 10.3 Å². The molecule has 114 valence electrons. The van der Waals surface area contributed by atoms with E-state index in [0.29, 0.717) is 24.0 Å². The summed E-state index contributed by atoms with van der Waals surface area (Å²) in [4.78, 5) is 11.6. The minimum atomic E-state index is -1.10. The summed E-state index contributed by atoms with van der Waals surface area (Å²) in [6.07, 6.45) is 2.70. The van der Waals surface area contributed by atoms with E-state index >= 15 is 0 Å². The molecule has 2 heterocycles. The molecule has 9 heteroatoms. The van der Waals surface area contributed by atoms with Crippen molar-refractivity contribution >= 4 is 13.1 Å². The summed E-state index contributed by atoms with van der Waals surface area (Å²) in [5.74, 6) is -0.858. The summed E-state index contributed by atoms with van der Waals surface area (Å²) < 4.78 is 6.86. The van der Waals surface area contributed by atoms with E-state index in [-0.39, 0.29) is 24.4 Å². The third-order valence-electron chi connectivity index (χ3n) is 3.58. The maximum absolute atomic E-state index is 11.6. The van der Waals surface area contributed by atoms with Crippen molar-refractivity contribution in [2.24, 2.45) is 5.73 Å². The number of nitrogens with two attached hydrogens (primary N) is 1. The Labute approximate surface area is 126 Å². The van der Waals surface area contributed by atoms with Crippen LogP contribution in [0.5, 0.6) is 5.75 Å². The second-order valence-electron chi connectivity index (χ2n) is 5.12. The fourth-order valence-corrected chi connectivity index (χ4v) is 2.52. The number of carbonyl (C=O) groups is 1. The molecule has 22 heavy (non-hydrogen) atoms. The van der Waals surface area contributed by atoms with Crippen molar-refractivity contribution in [1.82, 2.24) is 15.0 Å². The van der Waals surface area contributed by atoms with E-state index in [1.54, 1.807) is 12.3 Å². The van der Waals surface area contributed by atoms with E-state index in [4.69, 9.17) is 10.4 Å². The van der Waals surface area contributed by atoms with Crippen LogP contribution in [0, 0.1) is 0 Å². The number of rotatable bonds is 4. The second kappa shape index (κ2) is 5.78. The van der Waals surface area contributed by atoms with Crippen LogP contribution in [0.15, 0.2) is 18.3 Å². The van der Waals surface area contributed by atoms with Gasteiger partial charge in [-0.1, -0.05) is 17.3 Å². The first kappa shape index (κ1) is 14.5. The molecule has 0 fully saturated rings. The lowest BCUT2D eigenvalue weighted by molar-refractivity contribution is 0.0693. The fourth-order valence-electron chi connectivity index (χ4n) is 2.52. The van der Waals surface area contributed by atoms with Crippen molar-refractivity contribution < 1.29 is 19.6 Å². The molecule has 0 spiro atoms. The van der Waals surface area contributed by atoms with E-state index in [9.17, 15) is 14.9 Å². The Morgan fingerprint density at radius 2 is 2.32 bits per heavy atom. The van der Waals surface area contributed by atoms with Gasteiger partial charge in [0.15, 0.2) is 0 Å². The fraction of sp³-hybridized carbons (Fsp3) is 0.308. The van der Waals surface area contributed by atoms with Gasteiger partial charge in [-0.25, -0.2) is 9.48 Å². The lowest BCUT2D eigenvalue weighted by Crippen LogP contribution is -2.28. The Morgan fingerprint density at radius 3 is 3.00 bits per heavy atom. The average molecular weight is 302 g/mol. The molecule has 0 aliphatic carbocycles. The smallest absolute Gasteiger partial charge is 0.522 e. The van der Waals surface area contributed by atoms with Gasteiger partial charge in [0.2, 0.25) is 0 Å². The Kier molecular flexibility index (Phi) is 3.82. The second-order valence-corrected chi connectivity index (χ2v) is 5.12. The van der Waals surface area contributed by atoms with Gasteiger partial charge in [0.1, 0.15) is 11.3 Å². The number of carboxylic acid groups (broad SMARTS) is 1. The number of hydrogen-bond acceptors (Lipinski definition) is 6. The molecular weight excluding hydrogens is 287 g/mol. The predicted molar refractivity (Wildman–Crippen MR) is 77.5 cm³/mol. The number of carboxylic acids is 1. The number of benzene rings is 1. The summed E-state index contributed by atoms with van der Waals surface area (Å²) in [6.45, 7) is 0.507. The minimum absolute atomic E-state index is 0.0565. The lowest BCUT2D eigenvalue weighted by atomic mass is 9.78. The van der Waals surface area contributed by atoms with E-state index in [1.165, 1.54) is 4.68 Å². The largest absolute Gasteiger partial charge is 0.535 e. The number of aryl methyl sites for hydroxylation is 1. The molecule has 1 aromatic heterocycles. The van der Waals surface area contributed by atoms with Crippen molar-refractivity contribution in [1.29, 1.82) is 0 Å². The number of aromatic nitrogens is 3. The van der Waals surface area contributed by atoms with Gasteiger partial charge in [0.05, 0.1) is 18.4 Å². The van der Waals surface area contributed by atoms with E-state index in [1.807, 2.05) is 6.07 Å². The van der Waals surface area contributed by atoms with Gasteiger partial charge in [0, 0.05) is 6.54 Å². The minimum Gasteiger partial charge on any atom is -0.535 e. The first-order chi connectivity index (χ1) is 10.6. The molecule has 0 saturated heterocycles. The molecular formula is C13H15BN4O4. The highest BCUT2D eigenvalue weighted by Crippen LogP contribution is 2.33. The first-order valence-corrected chi connectivity index (χ1v) is 6.90. The van der Waals surface area contributed by atoms with Crippen molar-refractivity contribution in [2.45, 2.75) is 25.8 Å². The van der Waals surface area contributed by atoms with Gasteiger partial charge in [-0.05, 0) is 23.9 Å². The van der Waals surface area contributed by atoms with Crippen molar-refractivity contribution in [3.8, 4) is 5.75 Å². The monoisotopic (exact) mass is 302 g/mol. The molecule has 4 N–H and O–H groups in total. The standard InChI is InChI=1S/C13H15BN4O4/c15-5-10-7-18(17-16-10)6-9-2-1-8-3-4-14(21)22-12(8)11(9)13(19)20/h1-2,7,21H,3-6,15H2,(H,19,20). The summed E-state index contributed by atoms with van der Waals surface area (Å²) in [5, 5.41) is 26.9. The maximum atomic E-state index is 11.6. The normalized spacial score (nSPS) is 13.6. The topological polar surface area (TPSA) is 123 Å². The van der Waals surface area contributed by atoms with Crippen LogP contribution in [0.3, 0.4) is 0 Å². The number of hydrogen-bond donors (Lipinski definition) is 3. The van der Waals surface area contributed by atoms with Crippen LogP contribution in [0.2, 0.25) is 6.32 Å². The summed E-state index contributed by atoms with van der Waals surface area (Å²) in [7, 11) is -0.976. The molecule has 0 unspecified atom stereocenters. The Balaban J connectivity index is 2.00. The zero-order valence-electron chi connectivity index (χ0n) is 11.8. The molecule has 0 atom stereocenters. The number of fused-ring (bicyclic) bond motifs is 1. The van der Waals surface area contributed by atoms with Crippen molar-refractivity contribution in [3.63, 3.8) is 0 Å². The molecule has 0 saturated carbocycles. The molecule has 2 aromatic rings. The summed E-state index contributed by atoms with van der Waals surface area (Å²) in [6, 6.07) is 3.57. The molecule has 1 aromatic carbocycles. The third-order valence-corrected chi connectivity index (χ3v) is 3.58. The molecule has 0 bridgehead atoms. The van der Waals surface area contributed by atoms with Gasteiger partial charge in [-0.15, -0.1) is 5.10 Å². The zero-order valence-corrected chi connectivity index (χ0v) is 11.8. The molecule has 1 aliphatic rings. The number of aromatic carboxylic acids is 1. The molecule has 0 amide bonds. The van der Waals surface area contributed by atoms with E-state index in [0.717, 1.165) is 5.56 Å². The van der Waals surface area contributed by atoms with Crippen molar-refractivity contribution in [2.75, 3.05) is 0 Å². The quantitative estimate of drug-likeness (QED) is 0.674. The van der Waals surface area contributed by atoms with Crippen LogP contribution >= 0.6 is 0 Å². The molecule has 3 rings (SSSR count). The highest BCUT2D eigenvalue weighted by molar-refractivity contribution is 6.44. The average Bonchev–Trinajstić information content (AvgIpc) is 2.94. The highest BCUT2D eigenvalue weighted by Gasteiger charge is 2.29. The maximum Gasteiger partial charge on any atom is 0.522 e. The predicted octanol–water partition coefficient (Wildman–Crippen LogP) is -0.101. The lowest BCUT2D eigenvalue weighted by Gasteiger charge is -2.23. The summed E-state index contributed by atoms with van der Waals surface area (Å²) in [5.41, 5.74) is 7.49. The molecule has 0 radical (unpaired) electrons. The van der Waals surface area contributed by atoms with Crippen LogP contribution in [0.25, 0.3) is 0 Å². The first-order valence-electron chi connectivity index (χ1n) is 6.90. The van der Waals surface area contributed by atoms with Gasteiger partial charge in [0.25, 0.3) is 0 Å². The van der Waals surface area contributed by atoms with Crippen LogP contribution in [-0.4, -0.2) is 38.2 Å². The van der Waals surface area contributed by atoms with Gasteiger partial charge < -0.3 is 20.5 Å². The van der Waals surface area contributed by atoms with Crippen LogP contribution in [0.4, 0.5) is 0 Å². The number of nitrogens with zero attached hydrogens (tertiary/aromatic N) is 3. The Hall–Kier alpha value is -2.39. The van der Waals surface area contributed by atoms with Crippen molar-refractivity contribution in [3.05, 3.63) is 40.7 Å². The van der Waals surface area contributed by atoms with Gasteiger partial charge >= 0.3 is 13.1 Å². The van der Waals surface area contributed by atoms with E-state index < -0.39 is 13.1 Å². The van der Waals surface area contributed by atoms with Gasteiger partial charge in [-0.3, -0.25) is 0 Å². The Bertz CT molecular complexity index is 718. The van der Waals surface area contributed by atoms with Crippen LogP contribution in [-0.2, 0) is 19.5 Å². The van der Waals surface area contributed by atoms with Crippen LogP contribution in [0.1, 0.15) is 27.2 Å².